The van der Waals surface area contributed by atoms with Gasteiger partial charge in [0.1, 0.15) is 19.0 Å². The number of halogens is 1. The molecule has 0 spiro atoms. The molecular weight excluding hydrogens is 431 g/mol. The second-order valence-corrected chi connectivity index (χ2v) is 9.99. The van der Waals surface area contributed by atoms with Crippen molar-refractivity contribution >= 4 is 0 Å². The first-order valence-corrected chi connectivity index (χ1v) is 12.6. The molecule has 1 heterocycles. The van der Waals surface area contributed by atoms with Gasteiger partial charge in [-0.15, -0.1) is 0 Å². The molecule has 1 N–H and O–H groups in total. The van der Waals surface area contributed by atoms with E-state index in [4.69, 9.17) is 9.47 Å². The van der Waals surface area contributed by atoms with Crippen molar-refractivity contribution in [3.8, 4) is 11.5 Å². The van der Waals surface area contributed by atoms with Crippen LogP contribution in [0.2, 0.25) is 0 Å². The first-order valence-electron chi connectivity index (χ1n) is 12.6. The predicted molar refractivity (Wildman–Crippen MR) is 135 cm³/mol. The van der Waals surface area contributed by atoms with Gasteiger partial charge in [-0.3, -0.25) is 9.80 Å². The molecule has 1 atom stereocenters. The van der Waals surface area contributed by atoms with Gasteiger partial charge < -0.3 is 14.6 Å². The Balaban J connectivity index is 1.44. The summed E-state index contributed by atoms with van der Waals surface area (Å²) in [6.45, 7) is 13.1. The molecule has 0 bridgehead atoms. The Morgan fingerprint density at radius 1 is 0.971 bits per heavy atom. The van der Waals surface area contributed by atoms with Crippen LogP contribution in [0, 0.1) is 5.82 Å². The van der Waals surface area contributed by atoms with E-state index in [1.54, 1.807) is 18.2 Å². The summed E-state index contributed by atoms with van der Waals surface area (Å²) in [4.78, 5) is 4.79. The van der Waals surface area contributed by atoms with Crippen molar-refractivity contribution in [2.24, 2.45) is 0 Å². The molecule has 0 unspecified atom stereocenters. The highest BCUT2D eigenvalue weighted by Crippen LogP contribution is 2.26. The Labute approximate surface area is 204 Å². The van der Waals surface area contributed by atoms with E-state index in [0.29, 0.717) is 31.5 Å². The smallest absolute Gasteiger partial charge is 0.165 e. The van der Waals surface area contributed by atoms with E-state index in [0.717, 1.165) is 38.3 Å². The molecule has 1 aliphatic heterocycles. The molecule has 0 aliphatic carbocycles. The van der Waals surface area contributed by atoms with Crippen molar-refractivity contribution in [1.29, 1.82) is 0 Å². The van der Waals surface area contributed by atoms with Crippen molar-refractivity contribution in [1.82, 2.24) is 9.80 Å². The minimum absolute atomic E-state index is 0.110. The van der Waals surface area contributed by atoms with Gasteiger partial charge in [0, 0.05) is 31.7 Å². The van der Waals surface area contributed by atoms with Crippen molar-refractivity contribution in [3.63, 3.8) is 0 Å². The average Bonchev–Trinajstić information content (AvgIpc) is 2.98. The lowest BCUT2D eigenvalue weighted by Crippen LogP contribution is -2.39. The highest BCUT2D eigenvalue weighted by atomic mass is 19.1. The van der Waals surface area contributed by atoms with Crippen LogP contribution >= 0.6 is 0 Å². The van der Waals surface area contributed by atoms with Gasteiger partial charge in [-0.1, -0.05) is 24.3 Å². The topological polar surface area (TPSA) is 45.2 Å². The van der Waals surface area contributed by atoms with Crippen LogP contribution < -0.4 is 9.47 Å². The lowest BCUT2D eigenvalue weighted by Gasteiger charge is -2.30. The molecule has 0 saturated carbocycles. The van der Waals surface area contributed by atoms with E-state index >= 15 is 0 Å². The Bertz CT molecular complexity index is 866. The third-order valence-corrected chi connectivity index (χ3v) is 6.62. The molecule has 5 nitrogen and oxygen atoms in total. The Kier molecular flexibility index (Phi) is 9.74. The van der Waals surface area contributed by atoms with Crippen molar-refractivity contribution in [2.45, 2.75) is 71.2 Å². The zero-order valence-corrected chi connectivity index (χ0v) is 21.2. The Morgan fingerprint density at radius 3 is 2.35 bits per heavy atom. The molecule has 0 amide bonds. The molecule has 1 saturated heterocycles. The number of hydrogen-bond acceptors (Lipinski definition) is 5. The molecule has 2 aromatic rings. The number of likely N-dealkylation sites (tertiary alicyclic amines) is 1. The van der Waals surface area contributed by atoms with Crippen LogP contribution in [0.5, 0.6) is 11.5 Å². The van der Waals surface area contributed by atoms with Crippen LogP contribution in [0.15, 0.2) is 48.5 Å². The Morgan fingerprint density at radius 2 is 1.68 bits per heavy atom. The van der Waals surface area contributed by atoms with Gasteiger partial charge in [-0.05, 0) is 83.3 Å². The van der Waals surface area contributed by atoms with Gasteiger partial charge in [0.05, 0.1) is 5.60 Å². The Hall–Kier alpha value is -2.15. The maximum absolute atomic E-state index is 13.8. The minimum atomic E-state index is -0.936. The maximum Gasteiger partial charge on any atom is 0.165 e. The van der Waals surface area contributed by atoms with Crippen molar-refractivity contribution < 1.29 is 19.0 Å². The monoisotopic (exact) mass is 472 g/mol. The van der Waals surface area contributed by atoms with E-state index in [9.17, 15) is 9.50 Å². The molecule has 1 fully saturated rings. The normalized spacial score (nSPS) is 19.6. The highest BCUT2D eigenvalue weighted by Gasteiger charge is 2.31. The maximum atomic E-state index is 13.8. The number of para-hydroxylation sites is 1. The van der Waals surface area contributed by atoms with Gasteiger partial charge in [0.25, 0.3) is 0 Å². The molecule has 1 aliphatic rings. The second-order valence-electron chi connectivity index (χ2n) is 9.99. The minimum Gasteiger partial charge on any atom is -0.492 e. The van der Waals surface area contributed by atoms with Crippen LogP contribution in [0.3, 0.4) is 0 Å². The number of ether oxygens (including phenoxy) is 2. The fourth-order valence-corrected chi connectivity index (χ4v) is 4.64. The number of aliphatic hydroxyl groups is 1. The number of rotatable bonds is 11. The standard InChI is InChI=1S/C28H41FN2O3/c1-22(2)31(23(3)4)18-19-33-25-12-10-24(11-13-25)20-30-16-7-14-28(32,15-17-30)21-34-27-9-6-5-8-26(27)29/h5-6,8-13,22-23,32H,7,14-21H2,1-4H3/t28-/m1/s1. The van der Waals surface area contributed by atoms with Gasteiger partial charge in [0.2, 0.25) is 0 Å². The zero-order chi connectivity index (χ0) is 24.6. The highest BCUT2D eigenvalue weighted by molar-refractivity contribution is 5.27. The second kappa shape index (κ2) is 12.5. The molecule has 188 valence electrons. The zero-order valence-electron chi connectivity index (χ0n) is 21.2. The largest absolute Gasteiger partial charge is 0.492 e. The lowest BCUT2D eigenvalue weighted by molar-refractivity contribution is -0.0177. The third kappa shape index (κ3) is 7.97. The van der Waals surface area contributed by atoms with Gasteiger partial charge >= 0.3 is 0 Å². The molecule has 0 aromatic heterocycles. The molecular formula is C28H41FN2O3. The van der Waals surface area contributed by atoms with Crippen LogP contribution in [0.25, 0.3) is 0 Å². The van der Waals surface area contributed by atoms with E-state index in [-0.39, 0.29) is 12.4 Å². The van der Waals surface area contributed by atoms with Crippen LogP contribution in [-0.2, 0) is 6.54 Å². The summed E-state index contributed by atoms with van der Waals surface area (Å²) in [6.07, 6.45) is 2.12. The molecule has 3 rings (SSSR count). The fraction of sp³-hybridized carbons (Fsp3) is 0.571. The van der Waals surface area contributed by atoms with E-state index < -0.39 is 11.4 Å². The van der Waals surface area contributed by atoms with E-state index in [2.05, 4.69) is 49.6 Å². The fourth-order valence-electron chi connectivity index (χ4n) is 4.64. The summed E-state index contributed by atoms with van der Waals surface area (Å²) < 4.78 is 25.4. The summed E-state index contributed by atoms with van der Waals surface area (Å²) in [6, 6.07) is 15.7. The average molecular weight is 473 g/mol. The first kappa shape index (κ1) is 26.5. The van der Waals surface area contributed by atoms with Crippen molar-refractivity contribution in [3.05, 3.63) is 59.9 Å². The summed E-state index contributed by atoms with van der Waals surface area (Å²) in [5.74, 6) is 0.693. The van der Waals surface area contributed by atoms with Gasteiger partial charge in [0.15, 0.2) is 11.6 Å². The quantitative estimate of drug-likeness (QED) is 0.492. The molecule has 0 radical (unpaired) electrons. The van der Waals surface area contributed by atoms with E-state index in [1.807, 2.05) is 12.1 Å². The molecule has 6 heteroatoms. The molecule has 2 aromatic carbocycles. The van der Waals surface area contributed by atoms with Gasteiger partial charge in [-0.25, -0.2) is 4.39 Å². The summed E-state index contributed by atoms with van der Waals surface area (Å²) in [7, 11) is 0. The summed E-state index contributed by atoms with van der Waals surface area (Å²) in [5.41, 5.74) is 0.292. The van der Waals surface area contributed by atoms with Crippen LogP contribution in [-0.4, -0.2) is 65.4 Å². The number of nitrogens with zero attached hydrogens (tertiary/aromatic N) is 2. The predicted octanol–water partition coefficient (Wildman–Crippen LogP) is 5.12. The number of hydrogen-bond donors (Lipinski definition) is 1. The summed E-state index contributed by atoms with van der Waals surface area (Å²) in [5, 5.41) is 11.0. The number of benzene rings is 2. The lowest BCUT2D eigenvalue weighted by atomic mass is 9.96. The van der Waals surface area contributed by atoms with E-state index in [1.165, 1.54) is 11.6 Å². The third-order valence-electron chi connectivity index (χ3n) is 6.62. The SMILES string of the molecule is CC(C)N(CCOc1ccc(CN2CCC[C@](O)(COc3ccccc3F)CC2)cc1)C(C)C. The van der Waals surface area contributed by atoms with Gasteiger partial charge in [-0.2, -0.15) is 0 Å². The van der Waals surface area contributed by atoms with Crippen LogP contribution in [0.1, 0.15) is 52.5 Å². The molecule has 34 heavy (non-hydrogen) atoms. The summed E-state index contributed by atoms with van der Waals surface area (Å²) >= 11 is 0. The first-order chi connectivity index (χ1) is 16.3. The van der Waals surface area contributed by atoms with Crippen LogP contribution in [0.4, 0.5) is 4.39 Å². The van der Waals surface area contributed by atoms with Crippen molar-refractivity contribution in [2.75, 3.05) is 32.8 Å².